The van der Waals surface area contributed by atoms with Gasteiger partial charge in [-0.3, -0.25) is 10.1 Å². The van der Waals surface area contributed by atoms with Crippen LogP contribution in [0.4, 0.5) is 10.5 Å². The lowest BCUT2D eigenvalue weighted by Gasteiger charge is -2.35. The van der Waals surface area contributed by atoms with Gasteiger partial charge in [0.15, 0.2) is 6.04 Å². The van der Waals surface area contributed by atoms with Crippen molar-refractivity contribution in [3.8, 4) is 0 Å². The van der Waals surface area contributed by atoms with E-state index < -0.39 is 6.03 Å². The molecule has 0 saturated carbocycles. The van der Waals surface area contributed by atoms with Crippen molar-refractivity contribution in [1.29, 1.82) is 0 Å². The quantitative estimate of drug-likeness (QED) is 0.685. The summed E-state index contributed by atoms with van der Waals surface area (Å²) in [5, 5.41) is 4.74. The number of nitrogens with one attached hydrogen (secondary N) is 3. The number of rotatable bonds is 3. The first-order valence-corrected chi connectivity index (χ1v) is 7.29. The van der Waals surface area contributed by atoms with E-state index in [1.54, 1.807) is 0 Å². The highest BCUT2D eigenvalue weighted by atomic mass is 16.2. The molecule has 0 aromatic heterocycles. The molecule has 0 bridgehead atoms. The molecule has 1 aromatic carbocycles. The Balaban J connectivity index is 1.86. The molecule has 3 N–H and O–H groups in total. The Morgan fingerprint density at radius 1 is 1.19 bits per heavy atom. The van der Waals surface area contributed by atoms with Gasteiger partial charge in [0.25, 0.3) is 5.91 Å². The fourth-order valence-electron chi connectivity index (χ4n) is 2.59. The molecule has 0 radical (unpaired) electrons. The largest absolute Gasteiger partial charge is 0.360 e. The van der Waals surface area contributed by atoms with E-state index in [1.165, 1.54) is 17.6 Å². The molecule has 21 heavy (non-hydrogen) atoms. The van der Waals surface area contributed by atoms with Gasteiger partial charge in [0, 0.05) is 12.7 Å². The number of benzene rings is 1. The lowest BCUT2D eigenvalue weighted by atomic mass is 10.2. The first kappa shape index (κ1) is 15.3. The first-order valence-electron chi connectivity index (χ1n) is 7.29. The Bertz CT molecular complexity index is 484. The monoisotopic (exact) mass is 291 g/mol. The van der Waals surface area contributed by atoms with E-state index in [9.17, 15) is 9.59 Å². The van der Waals surface area contributed by atoms with Crippen molar-refractivity contribution < 1.29 is 14.5 Å². The van der Waals surface area contributed by atoms with Crippen LogP contribution in [0.3, 0.4) is 0 Å². The van der Waals surface area contributed by atoms with Crippen molar-refractivity contribution in [2.75, 3.05) is 38.1 Å². The maximum atomic E-state index is 12.0. The number of amides is 3. The van der Waals surface area contributed by atoms with Gasteiger partial charge in [-0.15, -0.1) is 0 Å². The highest BCUT2D eigenvalue weighted by Gasteiger charge is 2.29. The molecule has 3 amide bonds. The number of carbonyl (C=O) groups is 2. The van der Waals surface area contributed by atoms with Crippen LogP contribution in [0.25, 0.3) is 0 Å². The summed E-state index contributed by atoms with van der Waals surface area (Å²) in [5.74, 6) is -0.225. The summed E-state index contributed by atoms with van der Waals surface area (Å²) in [4.78, 5) is 26.7. The number of imide groups is 1. The second-order valence-electron chi connectivity index (χ2n) is 5.27. The number of anilines is 1. The Morgan fingerprint density at radius 2 is 1.81 bits per heavy atom. The van der Waals surface area contributed by atoms with Crippen molar-refractivity contribution >= 4 is 17.6 Å². The molecule has 0 unspecified atom stereocenters. The van der Waals surface area contributed by atoms with Gasteiger partial charge in [0.05, 0.1) is 26.2 Å². The standard InChI is InChI=1S/C15H22N4O2/c1-12(14(20)17-15(21)16-2)18-8-10-19(11-9-18)13-6-4-3-5-7-13/h3-7,12H,8-11H2,1-2H3,(H2,16,17,20,21)/p+1/t12-/m0/s1. The summed E-state index contributed by atoms with van der Waals surface area (Å²) >= 11 is 0. The minimum Gasteiger partial charge on any atom is -0.360 e. The van der Waals surface area contributed by atoms with Crippen LogP contribution in [0, 0.1) is 0 Å². The number of hydrogen-bond acceptors (Lipinski definition) is 3. The van der Waals surface area contributed by atoms with Crippen LogP contribution < -0.4 is 20.4 Å². The fraction of sp³-hybridized carbons (Fsp3) is 0.467. The van der Waals surface area contributed by atoms with Crippen LogP contribution >= 0.6 is 0 Å². The fourth-order valence-corrected chi connectivity index (χ4v) is 2.59. The molecule has 114 valence electrons. The van der Waals surface area contributed by atoms with Crippen LogP contribution in [0.1, 0.15) is 6.92 Å². The number of carbonyl (C=O) groups excluding carboxylic acids is 2. The first-order chi connectivity index (χ1) is 10.1. The SMILES string of the molecule is CNC(=O)NC(=O)[C@H](C)[NH+]1CCN(c2ccccc2)CC1. The molecule has 6 nitrogen and oxygen atoms in total. The van der Waals surface area contributed by atoms with E-state index in [1.807, 2.05) is 25.1 Å². The molecular formula is C15H23N4O2+. The summed E-state index contributed by atoms with van der Waals surface area (Å²) in [6.07, 6.45) is 0. The molecule has 1 aliphatic rings. The van der Waals surface area contributed by atoms with Gasteiger partial charge in [-0.2, -0.15) is 0 Å². The maximum absolute atomic E-state index is 12.0. The van der Waals surface area contributed by atoms with Gasteiger partial charge in [-0.1, -0.05) is 18.2 Å². The lowest BCUT2D eigenvalue weighted by Crippen LogP contribution is -3.19. The van der Waals surface area contributed by atoms with Gasteiger partial charge in [-0.05, 0) is 19.1 Å². The number of para-hydroxylation sites is 1. The van der Waals surface area contributed by atoms with Gasteiger partial charge < -0.3 is 15.1 Å². The highest BCUT2D eigenvalue weighted by Crippen LogP contribution is 2.12. The molecule has 1 aromatic rings. The Morgan fingerprint density at radius 3 is 2.38 bits per heavy atom. The molecule has 1 aliphatic heterocycles. The van der Waals surface area contributed by atoms with E-state index in [2.05, 4.69) is 27.7 Å². The van der Waals surface area contributed by atoms with Gasteiger partial charge in [0.2, 0.25) is 0 Å². The molecule has 2 rings (SSSR count). The minimum atomic E-state index is -0.450. The molecule has 1 saturated heterocycles. The smallest absolute Gasteiger partial charge is 0.321 e. The molecule has 6 heteroatoms. The molecule has 1 fully saturated rings. The Kier molecular flexibility index (Phi) is 5.16. The number of nitrogens with zero attached hydrogens (tertiary/aromatic N) is 1. The average molecular weight is 291 g/mol. The Labute approximate surface area is 125 Å². The average Bonchev–Trinajstić information content (AvgIpc) is 2.55. The lowest BCUT2D eigenvalue weighted by molar-refractivity contribution is -0.914. The summed E-state index contributed by atoms with van der Waals surface area (Å²) in [5.41, 5.74) is 1.22. The van der Waals surface area contributed by atoms with Gasteiger partial charge >= 0.3 is 6.03 Å². The van der Waals surface area contributed by atoms with Gasteiger partial charge in [0.1, 0.15) is 0 Å². The zero-order chi connectivity index (χ0) is 15.2. The van der Waals surface area contributed by atoms with E-state index in [-0.39, 0.29) is 11.9 Å². The van der Waals surface area contributed by atoms with E-state index in [0.717, 1.165) is 26.2 Å². The third-order valence-electron chi connectivity index (χ3n) is 4.00. The van der Waals surface area contributed by atoms with Crippen molar-refractivity contribution in [2.45, 2.75) is 13.0 Å². The van der Waals surface area contributed by atoms with Crippen LogP contribution in [0.5, 0.6) is 0 Å². The van der Waals surface area contributed by atoms with Crippen LogP contribution in [0.2, 0.25) is 0 Å². The zero-order valence-corrected chi connectivity index (χ0v) is 12.6. The van der Waals surface area contributed by atoms with E-state index in [0.29, 0.717) is 0 Å². The van der Waals surface area contributed by atoms with Crippen molar-refractivity contribution in [2.24, 2.45) is 0 Å². The van der Waals surface area contributed by atoms with Crippen molar-refractivity contribution in [1.82, 2.24) is 10.6 Å². The number of quaternary nitrogens is 1. The molecular weight excluding hydrogens is 268 g/mol. The number of piperazine rings is 1. The van der Waals surface area contributed by atoms with Crippen molar-refractivity contribution in [3.05, 3.63) is 30.3 Å². The molecule has 1 atom stereocenters. The van der Waals surface area contributed by atoms with Crippen LogP contribution in [-0.4, -0.2) is 51.2 Å². The Hall–Kier alpha value is -2.08. The predicted molar refractivity (Wildman–Crippen MR) is 81.4 cm³/mol. The predicted octanol–water partition coefficient (Wildman–Crippen LogP) is -0.764. The number of hydrogen-bond donors (Lipinski definition) is 3. The molecule has 0 aliphatic carbocycles. The normalized spacial score (nSPS) is 17.1. The van der Waals surface area contributed by atoms with E-state index >= 15 is 0 Å². The topological polar surface area (TPSA) is 65.9 Å². The second kappa shape index (κ2) is 7.08. The van der Waals surface area contributed by atoms with Gasteiger partial charge in [-0.25, -0.2) is 4.79 Å². The summed E-state index contributed by atoms with van der Waals surface area (Å²) < 4.78 is 0. The molecule has 1 heterocycles. The van der Waals surface area contributed by atoms with Crippen LogP contribution in [-0.2, 0) is 4.79 Å². The highest BCUT2D eigenvalue weighted by molar-refractivity contribution is 5.96. The molecule has 0 spiro atoms. The third kappa shape index (κ3) is 3.95. The third-order valence-corrected chi connectivity index (χ3v) is 4.00. The summed E-state index contributed by atoms with van der Waals surface area (Å²) in [6, 6.07) is 9.62. The zero-order valence-electron chi connectivity index (χ0n) is 12.6. The van der Waals surface area contributed by atoms with Crippen molar-refractivity contribution in [3.63, 3.8) is 0 Å². The summed E-state index contributed by atoms with van der Waals surface area (Å²) in [6.45, 7) is 5.47. The minimum absolute atomic E-state index is 0.222. The van der Waals surface area contributed by atoms with E-state index in [4.69, 9.17) is 0 Å². The maximum Gasteiger partial charge on any atom is 0.321 e. The summed E-state index contributed by atoms with van der Waals surface area (Å²) in [7, 11) is 1.50. The number of urea groups is 1. The van der Waals surface area contributed by atoms with Crippen LogP contribution in [0.15, 0.2) is 30.3 Å². The second-order valence-corrected chi connectivity index (χ2v) is 5.27.